The lowest BCUT2D eigenvalue weighted by molar-refractivity contribution is -0.140. The Balaban J connectivity index is 1.79. The first-order chi connectivity index (χ1) is 20.7. The van der Waals surface area contributed by atoms with E-state index >= 15 is 0 Å². The van der Waals surface area contributed by atoms with Crippen LogP contribution in [0.4, 0.5) is 5.69 Å². The van der Waals surface area contributed by atoms with Gasteiger partial charge in [0.25, 0.3) is 10.0 Å². The molecule has 4 aromatic carbocycles. The third-order valence-corrected chi connectivity index (χ3v) is 9.38. The van der Waals surface area contributed by atoms with Crippen molar-refractivity contribution in [2.75, 3.05) is 10.8 Å². The molecule has 0 fully saturated rings. The number of halogens is 1. The van der Waals surface area contributed by atoms with Gasteiger partial charge in [0, 0.05) is 24.0 Å². The fourth-order valence-electron chi connectivity index (χ4n) is 4.65. The molecular weight excluding hydrogens is 582 g/mol. The van der Waals surface area contributed by atoms with E-state index in [-0.39, 0.29) is 29.8 Å². The highest BCUT2D eigenvalue weighted by Gasteiger charge is 2.35. The molecule has 0 bridgehead atoms. The number of carbonyl (C=O) groups is 2. The molecule has 224 valence electrons. The van der Waals surface area contributed by atoms with Crippen LogP contribution < -0.4 is 9.62 Å². The van der Waals surface area contributed by atoms with Crippen LogP contribution in [0.15, 0.2) is 120 Å². The molecule has 0 saturated heterocycles. The van der Waals surface area contributed by atoms with Crippen molar-refractivity contribution in [2.24, 2.45) is 0 Å². The van der Waals surface area contributed by atoms with Crippen molar-refractivity contribution in [3.05, 3.63) is 131 Å². The van der Waals surface area contributed by atoms with Gasteiger partial charge in [0.1, 0.15) is 12.6 Å². The van der Waals surface area contributed by atoms with Crippen molar-refractivity contribution >= 4 is 39.1 Å². The summed E-state index contributed by atoms with van der Waals surface area (Å²) < 4.78 is 29.0. The van der Waals surface area contributed by atoms with Crippen LogP contribution in [-0.4, -0.2) is 43.8 Å². The normalized spacial score (nSPS) is 12.6. The fraction of sp³-hybridized carbons (Fsp3) is 0.235. The predicted molar refractivity (Wildman–Crippen MR) is 171 cm³/mol. The summed E-state index contributed by atoms with van der Waals surface area (Å²) in [4.78, 5) is 29.8. The Morgan fingerprint density at radius 2 is 1.37 bits per heavy atom. The van der Waals surface area contributed by atoms with Crippen LogP contribution in [-0.2, 0) is 32.6 Å². The lowest BCUT2D eigenvalue weighted by Crippen LogP contribution is -2.54. The first-order valence-electron chi connectivity index (χ1n) is 14.2. The molecule has 2 amide bonds. The smallest absolute Gasteiger partial charge is 0.264 e. The van der Waals surface area contributed by atoms with Crippen LogP contribution >= 0.6 is 11.6 Å². The molecule has 0 radical (unpaired) electrons. The molecule has 0 heterocycles. The van der Waals surface area contributed by atoms with Crippen LogP contribution in [0.25, 0.3) is 0 Å². The van der Waals surface area contributed by atoms with Crippen LogP contribution in [0.2, 0.25) is 5.02 Å². The quantitative estimate of drug-likeness (QED) is 0.197. The molecule has 0 aliphatic rings. The number of sulfonamides is 1. The largest absolute Gasteiger partial charge is 0.352 e. The minimum absolute atomic E-state index is 0.0119. The zero-order chi connectivity index (χ0) is 30.8. The molecule has 4 rings (SSSR count). The van der Waals surface area contributed by atoms with Crippen molar-refractivity contribution in [2.45, 2.75) is 50.2 Å². The zero-order valence-electron chi connectivity index (χ0n) is 24.3. The lowest BCUT2D eigenvalue weighted by atomic mass is 10.0. The SMILES string of the molecule is CC[C@@H](C)NC(=O)[C@@H](Cc1ccccc1)N(Cc1ccccc1Cl)C(=O)CN(c1ccccc1)S(=O)(=O)c1ccccc1. The number of carbonyl (C=O) groups excluding carboxylic acids is 2. The van der Waals surface area contributed by atoms with Gasteiger partial charge in [0.2, 0.25) is 11.8 Å². The number of nitrogens with one attached hydrogen (secondary N) is 1. The number of hydrogen-bond donors (Lipinski definition) is 1. The molecule has 2 atom stereocenters. The Morgan fingerprint density at radius 3 is 1.98 bits per heavy atom. The second kappa shape index (κ2) is 14.8. The highest BCUT2D eigenvalue weighted by atomic mass is 35.5. The Labute approximate surface area is 259 Å². The average molecular weight is 618 g/mol. The summed E-state index contributed by atoms with van der Waals surface area (Å²) in [6, 6.07) is 32.0. The van der Waals surface area contributed by atoms with Gasteiger partial charge in [-0.2, -0.15) is 0 Å². The third kappa shape index (κ3) is 8.24. The maximum atomic E-state index is 14.4. The topological polar surface area (TPSA) is 86.8 Å². The van der Waals surface area contributed by atoms with Gasteiger partial charge in [-0.1, -0.05) is 103 Å². The summed E-state index contributed by atoms with van der Waals surface area (Å²) in [5, 5.41) is 3.47. The minimum atomic E-state index is -4.13. The van der Waals surface area contributed by atoms with Gasteiger partial charge < -0.3 is 10.2 Å². The molecule has 0 aliphatic heterocycles. The van der Waals surface area contributed by atoms with Crippen molar-refractivity contribution in [1.82, 2.24) is 10.2 Å². The molecule has 4 aromatic rings. The van der Waals surface area contributed by atoms with Crippen LogP contribution in [0.3, 0.4) is 0 Å². The second-order valence-corrected chi connectivity index (χ2v) is 12.6. The first kappa shape index (κ1) is 31.8. The van der Waals surface area contributed by atoms with Gasteiger partial charge in [0.05, 0.1) is 10.6 Å². The second-order valence-electron chi connectivity index (χ2n) is 10.3. The molecule has 0 unspecified atom stereocenters. The van der Waals surface area contributed by atoms with Gasteiger partial charge in [-0.25, -0.2) is 8.42 Å². The minimum Gasteiger partial charge on any atom is -0.352 e. The third-order valence-electron chi connectivity index (χ3n) is 7.22. The van der Waals surface area contributed by atoms with Gasteiger partial charge in [-0.3, -0.25) is 13.9 Å². The molecule has 9 heteroatoms. The number of amides is 2. The molecule has 0 aromatic heterocycles. The summed E-state index contributed by atoms with van der Waals surface area (Å²) in [7, 11) is -4.13. The van der Waals surface area contributed by atoms with Crippen LogP contribution in [0.5, 0.6) is 0 Å². The monoisotopic (exact) mass is 617 g/mol. The molecule has 0 aliphatic carbocycles. The first-order valence-corrected chi connectivity index (χ1v) is 16.0. The standard InChI is InChI=1S/C34H36ClN3O4S/c1-3-26(2)36-34(40)32(23-27-15-7-4-8-16-27)37(24-28-17-13-14-22-31(28)35)33(39)25-38(29-18-9-5-10-19-29)43(41,42)30-20-11-6-12-21-30/h4-22,26,32H,3,23-25H2,1-2H3,(H,36,40)/t26-,32-/m1/s1. The summed E-state index contributed by atoms with van der Waals surface area (Å²) in [5.41, 5.74) is 1.84. The van der Waals surface area contributed by atoms with E-state index < -0.39 is 28.5 Å². The van der Waals surface area contributed by atoms with E-state index in [1.54, 1.807) is 66.7 Å². The molecular formula is C34H36ClN3O4S. The Hall–Kier alpha value is -4.14. The van der Waals surface area contributed by atoms with Crippen molar-refractivity contribution in [3.63, 3.8) is 0 Å². The van der Waals surface area contributed by atoms with Gasteiger partial charge >= 0.3 is 0 Å². The van der Waals surface area contributed by atoms with E-state index in [4.69, 9.17) is 11.6 Å². The molecule has 1 N–H and O–H groups in total. The summed E-state index contributed by atoms with van der Waals surface area (Å²) >= 11 is 6.53. The highest BCUT2D eigenvalue weighted by molar-refractivity contribution is 7.92. The zero-order valence-corrected chi connectivity index (χ0v) is 25.8. The van der Waals surface area contributed by atoms with E-state index in [2.05, 4.69) is 5.32 Å². The van der Waals surface area contributed by atoms with Gasteiger partial charge in [-0.05, 0) is 54.8 Å². The number of para-hydroxylation sites is 1. The maximum absolute atomic E-state index is 14.4. The molecule has 0 spiro atoms. The highest BCUT2D eigenvalue weighted by Crippen LogP contribution is 2.26. The van der Waals surface area contributed by atoms with E-state index in [0.717, 1.165) is 9.87 Å². The molecule has 7 nitrogen and oxygen atoms in total. The van der Waals surface area contributed by atoms with Crippen molar-refractivity contribution < 1.29 is 18.0 Å². The van der Waals surface area contributed by atoms with Gasteiger partial charge in [-0.15, -0.1) is 0 Å². The van der Waals surface area contributed by atoms with E-state index in [1.807, 2.05) is 50.2 Å². The Kier molecular flexibility index (Phi) is 11.0. The summed E-state index contributed by atoms with van der Waals surface area (Å²) in [5.74, 6) is -0.862. The molecule has 0 saturated carbocycles. The summed E-state index contributed by atoms with van der Waals surface area (Å²) in [6.45, 7) is 3.36. The number of benzene rings is 4. The number of nitrogens with zero attached hydrogens (tertiary/aromatic N) is 2. The Bertz CT molecular complexity index is 1600. The van der Waals surface area contributed by atoms with Crippen molar-refractivity contribution in [1.29, 1.82) is 0 Å². The van der Waals surface area contributed by atoms with E-state index in [0.29, 0.717) is 22.7 Å². The van der Waals surface area contributed by atoms with E-state index in [1.165, 1.54) is 17.0 Å². The predicted octanol–water partition coefficient (Wildman–Crippen LogP) is 6.09. The average Bonchev–Trinajstić information content (AvgIpc) is 3.03. The van der Waals surface area contributed by atoms with E-state index in [9.17, 15) is 18.0 Å². The Morgan fingerprint density at radius 1 is 0.814 bits per heavy atom. The number of rotatable bonds is 13. The summed E-state index contributed by atoms with van der Waals surface area (Å²) in [6.07, 6.45) is 0.940. The van der Waals surface area contributed by atoms with Crippen molar-refractivity contribution in [3.8, 4) is 0 Å². The number of hydrogen-bond acceptors (Lipinski definition) is 4. The molecule has 43 heavy (non-hydrogen) atoms. The van der Waals surface area contributed by atoms with Crippen LogP contribution in [0.1, 0.15) is 31.4 Å². The maximum Gasteiger partial charge on any atom is 0.264 e. The lowest BCUT2D eigenvalue weighted by Gasteiger charge is -2.34. The number of anilines is 1. The van der Waals surface area contributed by atoms with Crippen LogP contribution in [0, 0.1) is 0 Å². The fourth-order valence-corrected chi connectivity index (χ4v) is 6.28. The van der Waals surface area contributed by atoms with Gasteiger partial charge in [0.15, 0.2) is 0 Å².